The fourth-order valence-corrected chi connectivity index (χ4v) is 1.62. The van der Waals surface area contributed by atoms with Crippen LogP contribution in [-0.4, -0.2) is 4.98 Å². The molecular weight excluding hydrogens is 291 g/mol. The summed E-state index contributed by atoms with van der Waals surface area (Å²) >= 11 is 1.64. The van der Waals surface area contributed by atoms with Crippen LogP contribution in [-0.2, 0) is 0 Å². The highest BCUT2D eigenvalue weighted by atomic mass is 127. The molecule has 13 heavy (non-hydrogen) atoms. The van der Waals surface area contributed by atoms with Crippen molar-refractivity contribution in [3.63, 3.8) is 0 Å². The topological polar surface area (TPSA) is 62.7 Å². The molecule has 1 heterocycles. The second-order valence-electron chi connectivity index (χ2n) is 2.20. The molecule has 1 rings (SSSR count). The Labute approximate surface area is 86.7 Å². The third kappa shape index (κ3) is 1.85. The molecule has 0 aromatic carbocycles. The van der Waals surface area contributed by atoms with Gasteiger partial charge in [0.25, 0.3) is 6.43 Å². The van der Waals surface area contributed by atoms with Crippen molar-refractivity contribution in [2.75, 3.05) is 5.73 Å². The minimum Gasteiger partial charge on any atom is -0.397 e. The highest BCUT2D eigenvalue weighted by molar-refractivity contribution is 14.1. The van der Waals surface area contributed by atoms with E-state index in [1.54, 1.807) is 28.7 Å². The molecule has 0 unspecified atom stereocenters. The van der Waals surface area contributed by atoms with Crippen LogP contribution in [0.4, 0.5) is 14.5 Å². The maximum absolute atomic E-state index is 12.4. The van der Waals surface area contributed by atoms with E-state index in [0.29, 0.717) is 0 Å². The summed E-state index contributed by atoms with van der Waals surface area (Å²) in [6.07, 6.45) is -1.61. The van der Waals surface area contributed by atoms with Gasteiger partial charge in [-0.3, -0.25) is 0 Å². The van der Waals surface area contributed by atoms with Gasteiger partial charge in [0.15, 0.2) is 5.69 Å². The summed E-state index contributed by atoms with van der Waals surface area (Å²) in [7, 11) is 0. The average Bonchev–Trinajstić information content (AvgIpc) is 2.04. The number of alkyl halides is 2. The Morgan fingerprint density at radius 2 is 2.23 bits per heavy atom. The minimum atomic E-state index is -2.68. The van der Waals surface area contributed by atoms with Crippen molar-refractivity contribution in [3.05, 3.63) is 21.0 Å². The van der Waals surface area contributed by atoms with Crippen LogP contribution < -0.4 is 5.73 Å². The van der Waals surface area contributed by atoms with Crippen molar-refractivity contribution in [1.29, 1.82) is 5.26 Å². The number of pyridine rings is 1. The third-order valence-electron chi connectivity index (χ3n) is 1.41. The first kappa shape index (κ1) is 10.1. The maximum Gasteiger partial charge on any atom is 0.267 e. The lowest BCUT2D eigenvalue weighted by atomic mass is 10.2. The molecule has 0 aliphatic heterocycles. The van der Waals surface area contributed by atoms with Crippen molar-refractivity contribution in [2.45, 2.75) is 6.43 Å². The lowest BCUT2D eigenvalue weighted by Crippen LogP contribution is -2.02. The number of nitrogen functional groups attached to an aromatic ring is 1. The normalized spacial score (nSPS) is 10.1. The van der Waals surface area contributed by atoms with E-state index in [2.05, 4.69) is 4.98 Å². The molecule has 1 aromatic heterocycles. The molecule has 0 amide bonds. The van der Waals surface area contributed by atoms with Crippen LogP contribution in [0.25, 0.3) is 0 Å². The number of aromatic nitrogens is 1. The van der Waals surface area contributed by atoms with E-state index in [1.807, 2.05) is 0 Å². The van der Waals surface area contributed by atoms with Gasteiger partial charge in [-0.25, -0.2) is 13.8 Å². The van der Waals surface area contributed by atoms with E-state index in [-0.39, 0.29) is 20.5 Å². The summed E-state index contributed by atoms with van der Waals surface area (Å²) in [6, 6.07) is 1.71. The van der Waals surface area contributed by atoms with Crippen LogP contribution >= 0.6 is 22.6 Å². The minimum absolute atomic E-state index is 0.0231. The smallest absolute Gasteiger partial charge is 0.267 e. The fraction of sp³-hybridized carbons (Fsp3) is 0.143. The van der Waals surface area contributed by atoms with Crippen LogP contribution in [0, 0.1) is 14.9 Å². The summed E-state index contributed by atoms with van der Waals surface area (Å²) < 4.78 is 24.9. The Balaban J connectivity index is 3.41. The zero-order chi connectivity index (χ0) is 10.0. The van der Waals surface area contributed by atoms with Crippen LogP contribution in [0.1, 0.15) is 17.7 Å². The molecule has 0 saturated carbocycles. The number of nitrogens with two attached hydrogens (primary N) is 1. The second kappa shape index (κ2) is 3.83. The molecule has 6 heteroatoms. The number of anilines is 1. The first-order valence-electron chi connectivity index (χ1n) is 3.20. The van der Waals surface area contributed by atoms with Crippen molar-refractivity contribution in [1.82, 2.24) is 4.98 Å². The predicted octanol–water partition coefficient (Wildman–Crippen LogP) is 2.08. The number of hydrogen-bond acceptors (Lipinski definition) is 3. The Bertz CT molecular complexity index is 373. The Morgan fingerprint density at radius 1 is 1.62 bits per heavy atom. The molecule has 68 valence electrons. The number of rotatable bonds is 1. The first-order valence-corrected chi connectivity index (χ1v) is 4.28. The van der Waals surface area contributed by atoms with Crippen LogP contribution in [0.3, 0.4) is 0 Å². The van der Waals surface area contributed by atoms with E-state index in [9.17, 15) is 8.78 Å². The highest BCUT2D eigenvalue weighted by Crippen LogP contribution is 2.30. The molecule has 0 radical (unpaired) electrons. The van der Waals surface area contributed by atoms with E-state index in [1.165, 1.54) is 0 Å². The van der Waals surface area contributed by atoms with E-state index < -0.39 is 6.43 Å². The van der Waals surface area contributed by atoms with Gasteiger partial charge in [0.1, 0.15) is 6.07 Å². The molecule has 0 aliphatic carbocycles. The molecule has 0 bridgehead atoms. The number of hydrogen-bond donors (Lipinski definition) is 1. The summed E-state index contributed by atoms with van der Waals surface area (Å²) in [5.74, 6) is 0. The van der Waals surface area contributed by atoms with Gasteiger partial charge >= 0.3 is 0 Å². The summed E-state index contributed by atoms with van der Waals surface area (Å²) in [4.78, 5) is 3.61. The summed E-state index contributed by atoms with van der Waals surface area (Å²) in [6.45, 7) is 0. The Morgan fingerprint density at radius 3 is 2.69 bits per heavy atom. The average molecular weight is 295 g/mol. The van der Waals surface area contributed by atoms with Gasteiger partial charge < -0.3 is 5.73 Å². The molecule has 3 nitrogen and oxygen atoms in total. The Kier molecular flexibility index (Phi) is 2.98. The first-order chi connectivity index (χ1) is 6.07. The van der Waals surface area contributed by atoms with Gasteiger partial charge in [-0.1, -0.05) is 0 Å². The Hall–Kier alpha value is -0.970. The molecule has 1 aromatic rings. The maximum atomic E-state index is 12.4. The molecular formula is C7H4F2IN3. The van der Waals surface area contributed by atoms with Crippen molar-refractivity contribution < 1.29 is 8.78 Å². The molecule has 0 aliphatic rings. The summed E-state index contributed by atoms with van der Waals surface area (Å²) in [5, 5.41) is 8.51. The van der Waals surface area contributed by atoms with E-state index in [4.69, 9.17) is 11.0 Å². The SMILES string of the molecule is N#Cc1ncc(N)c(C(F)F)c1I. The molecule has 0 fully saturated rings. The van der Waals surface area contributed by atoms with Crippen LogP contribution in [0.2, 0.25) is 0 Å². The van der Waals surface area contributed by atoms with Gasteiger partial charge in [-0.15, -0.1) is 0 Å². The molecule has 2 N–H and O–H groups in total. The summed E-state index contributed by atoms with van der Waals surface area (Å²) in [5.41, 5.74) is 4.87. The van der Waals surface area contributed by atoms with Crippen molar-refractivity contribution in [2.24, 2.45) is 0 Å². The second-order valence-corrected chi connectivity index (χ2v) is 3.28. The van der Waals surface area contributed by atoms with Crippen LogP contribution in [0.5, 0.6) is 0 Å². The highest BCUT2D eigenvalue weighted by Gasteiger charge is 2.18. The molecule has 0 saturated heterocycles. The monoisotopic (exact) mass is 295 g/mol. The van der Waals surface area contributed by atoms with E-state index >= 15 is 0 Å². The van der Waals surface area contributed by atoms with Gasteiger partial charge in [0.05, 0.1) is 21.0 Å². The predicted molar refractivity (Wildman–Crippen MR) is 51.0 cm³/mol. The van der Waals surface area contributed by atoms with Gasteiger partial charge in [0.2, 0.25) is 0 Å². The quantitative estimate of drug-likeness (QED) is 0.807. The zero-order valence-corrected chi connectivity index (χ0v) is 8.42. The lowest BCUT2D eigenvalue weighted by Gasteiger charge is -2.06. The van der Waals surface area contributed by atoms with Gasteiger partial charge in [-0.2, -0.15) is 5.26 Å². The number of nitrogens with zero attached hydrogens (tertiary/aromatic N) is 2. The molecule has 0 atom stereocenters. The van der Waals surface area contributed by atoms with Crippen molar-refractivity contribution in [3.8, 4) is 6.07 Å². The largest absolute Gasteiger partial charge is 0.397 e. The number of halogens is 3. The fourth-order valence-electron chi connectivity index (χ4n) is 0.814. The third-order valence-corrected chi connectivity index (χ3v) is 2.50. The van der Waals surface area contributed by atoms with Crippen molar-refractivity contribution >= 4 is 28.3 Å². The van der Waals surface area contributed by atoms with Gasteiger partial charge in [0, 0.05) is 0 Å². The zero-order valence-electron chi connectivity index (χ0n) is 6.26. The standard InChI is InChI=1S/C7H4F2IN3/c8-7(9)5-3(12)2-13-4(1-11)6(5)10/h2,7H,12H2. The lowest BCUT2D eigenvalue weighted by molar-refractivity contribution is 0.151. The molecule has 0 spiro atoms. The van der Waals surface area contributed by atoms with Gasteiger partial charge in [-0.05, 0) is 22.6 Å². The van der Waals surface area contributed by atoms with E-state index in [0.717, 1.165) is 6.20 Å². The van der Waals surface area contributed by atoms with Crippen LogP contribution in [0.15, 0.2) is 6.20 Å². The number of nitriles is 1.